The van der Waals surface area contributed by atoms with Gasteiger partial charge < -0.3 is 4.90 Å². The highest BCUT2D eigenvalue weighted by Crippen LogP contribution is 2.38. The fraction of sp³-hybridized carbons (Fsp3) is 0.0625. The van der Waals surface area contributed by atoms with E-state index >= 15 is 0 Å². The molecule has 18 heavy (non-hydrogen) atoms. The Kier molecular flexibility index (Phi) is 2.69. The van der Waals surface area contributed by atoms with E-state index in [1.165, 1.54) is 11.1 Å². The van der Waals surface area contributed by atoms with Crippen LogP contribution in [0.15, 0.2) is 65.8 Å². The molecule has 0 aliphatic carbocycles. The third-order valence-corrected chi connectivity index (χ3v) is 3.08. The summed E-state index contributed by atoms with van der Waals surface area (Å²) in [6.45, 7) is 0. The summed E-state index contributed by atoms with van der Waals surface area (Å²) in [6, 6.07) is 16.6. The van der Waals surface area contributed by atoms with Crippen molar-refractivity contribution < 1.29 is 0 Å². The number of fused-ring (bicyclic) bond motifs is 1. The average Bonchev–Trinajstić information content (AvgIpc) is 2.62. The van der Waals surface area contributed by atoms with Gasteiger partial charge in [-0.05, 0) is 17.7 Å². The van der Waals surface area contributed by atoms with Gasteiger partial charge in [0.05, 0.1) is 11.4 Å². The lowest BCUT2D eigenvalue weighted by Gasteiger charge is -2.17. The minimum atomic E-state index is 1.02. The van der Waals surface area contributed by atoms with E-state index in [0.29, 0.717) is 0 Å². The van der Waals surface area contributed by atoms with Gasteiger partial charge in [0, 0.05) is 25.0 Å². The maximum atomic E-state index is 4.56. The molecule has 88 valence electrons. The molecule has 0 bridgehead atoms. The summed E-state index contributed by atoms with van der Waals surface area (Å²) in [6.07, 6.45) is 5.81. The molecule has 1 aliphatic heterocycles. The molecule has 2 heteroatoms. The number of hydrogen-bond acceptors (Lipinski definition) is 2. The average molecular weight is 234 g/mol. The van der Waals surface area contributed by atoms with Crippen LogP contribution in [0.25, 0.3) is 11.1 Å². The fourth-order valence-corrected chi connectivity index (χ4v) is 2.17. The van der Waals surface area contributed by atoms with E-state index in [4.69, 9.17) is 0 Å². The summed E-state index contributed by atoms with van der Waals surface area (Å²) in [7, 11) is 2.04. The van der Waals surface area contributed by atoms with Crippen molar-refractivity contribution in [1.82, 2.24) is 0 Å². The summed E-state index contributed by atoms with van der Waals surface area (Å²) in [5, 5.41) is 0. The summed E-state index contributed by atoms with van der Waals surface area (Å²) >= 11 is 0. The van der Waals surface area contributed by atoms with Crippen molar-refractivity contribution in [2.45, 2.75) is 0 Å². The van der Waals surface area contributed by atoms with Gasteiger partial charge in [-0.1, -0.05) is 42.5 Å². The maximum Gasteiger partial charge on any atom is 0.0944 e. The second-order valence-electron chi connectivity index (χ2n) is 4.27. The summed E-state index contributed by atoms with van der Waals surface area (Å²) in [5.74, 6) is 0. The number of nitrogens with zero attached hydrogens (tertiary/aromatic N) is 2. The zero-order valence-corrected chi connectivity index (χ0v) is 10.2. The molecule has 2 aromatic rings. The number of hydrogen-bond donors (Lipinski definition) is 0. The van der Waals surface area contributed by atoms with E-state index < -0.39 is 0 Å². The highest BCUT2D eigenvalue weighted by molar-refractivity contribution is 5.91. The van der Waals surface area contributed by atoms with Crippen LogP contribution in [0.2, 0.25) is 0 Å². The second-order valence-corrected chi connectivity index (χ2v) is 4.27. The Balaban J connectivity index is 2.22. The molecule has 2 aromatic carbocycles. The summed E-state index contributed by atoms with van der Waals surface area (Å²) in [4.78, 5) is 6.65. The number of anilines is 1. The molecule has 0 spiro atoms. The molecule has 0 saturated carbocycles. The van der Waals surface area contributed by atoms with Crippen molar-refractivity contribution in [3.05, 3.63) is 60.8 Å². The Hall–Kier alpha value is -2.35. The zero-order chi connectivity index (χ0) is 12.4. The van der Waals surface area contributed by atoms with Crippen molar-refractivity contribution >= 4 is 17.6 Å². The molecule has 0 saturated heterocycles. The molecule has 0 amide bonds. The molecule has 3 rings (SSSR count). The van der Waals surface area contributed by atoms with E-state index in [2.05, 4.69) is 52.4 Å². The molecule has 0 N–H and O–H groups in total. The molecule has 1 aliphatic rings. The Labute approximate surface area is 107 Å². The minimum absolute atomic E-state index is 1.02. The number of allylic oxidation sites excluding steroid dienone is 1. The number of benzene rings is 2. The first kappa shape index (κ1) is 10.8. The van der Waals surface area contributed by atoms with Gasteiger partial charge in [0.1, 0.15) is 0 Å². The highest BCUT2D eigenvalue weighted by Gasteiger charge is 2.12. The predicted octanol–water partition coefficient (Wildman–Crippen LogP) is 4.02. The number of para-hydroxylation sites is 1. The van der Waals surface area contributed by atoms with E-state index in [1.54, 1.807) is 0 Å². The van der Waals surface area contributed by atoms with Gasteiger partial charge in [0.2, 0.25) is 0 Å². The van der Waals surface area contributed by atoms with Crippen molar-refractivity contribution in [3.8, 4) is 11.1 Å². The van der Waals surface area contributed by atoms with E-state index in [9.17, 15) is 0 Å². The molecule has 2 nitrogen and oxygen atoms in total. The van der Waals surface area contributed by atoms with Crippen molar-refractivity contribution in [1.29, 1.82) is 0 Å². The van der Waals surface area contributed by atoms with Gasteiger partial charge in [-0.15, -0.1) is 0 Å². The van der Waals surface area contributed by atoms with Crippen molar-refractivity contribution in [3.63, 3.8) is 0 Å². The van der Waals surface area contributed by atoms with Gasteiger partial charge >= 0.3 is 0 Å². The normalized spacial score (nSPS) is 13.3. The van der Waals surface area contributed by atoms with Crippen LogP contribution in [0.5, 0.6) is 0 Å². The molecule has 0 fully saturated rings. The topological polar surface area (TPSA) is 15.6 Å². The number of aliphatic imine (C=N–C) groups is 1. The minimum Gasteiger partial charge on any atom is -0.349 e. The lowest BCUT2D eigenvalue weighted by molar-refractivity contribution is 1.21. The van der Waals surface area contributed by atoms with Crippen LogP contribution in [0.4, 0.5) is 11.4 Å². The molecular formula is C16H14N2. The first-order valence-electron chi connectivity index (χ1n) is 5.98. The van der Waals surface area contributed by atoms with Crippen LogP contribution in [0.3, 0.4) is 0 Å². The zero-order valence-electron chi connectivity index (χ0n) is 10.2. The van der Waals surface area contributed by atoms with Gasteiger partial charge in [0.25, 0.3) is 0 Å². The Morgan fingerprint density at radius 3 is 2.61 bits per heavy atom. The second kappa shape index (κ2) is 4.49. The van der Waals surface area contributed by atoms with Crippen LogP contribution in [-0.4, -0.2) is 13.3 Å². The molecule has 1 heterocycles. The van der Waals surface area contributed by atoms with Crippen molar-refractivity contribution in [2.24, 2.45) is 4.99 Å². The fourth-order valence-electron chi connectivity index (χ4n) is 2.17. The van der Waals surface area contributed by atoms with E-state index in [0.717, 1.165) is 11.4 Å². The first-order chi connectivity index (χ1) is 8.86. The molecule has 0 aromatic heterocycles. The quantitative estimate of drug-likeness (QED) is 0.727. The third-order valence-electron chi connectivity index (χ3n) is 3.08. The lowest BCUT2D eigenvalue weighted by Crippen LogP contribution is -2.07. The van der Waals surface area contributed by atoms with Gasteiger partial charge in [-0.3, -0.25) is 4.99 Å². The molecule has 0 unspecified atom stereocenters. The maximum absolute atomic E-state index is 4.56. The van der Waals surface area contributed by atoms with Crippen molar-refractivity contribution in [2.75, 3.05) is 11.9 Å². The SMILES string of the molecule is CN1C=CC=Nc2c(-c3ccccc3)cccc21. The van der Waals surface area contributed by atoms with Gasteiger partial charge in [-0.25, -0.2) is 0 Å². The van der Waals surface area contributed by atoms with Crippen LogP contribution in [0, 0.1) is 0 Å². The molecule has 0 radical (unpaired) electrons. The predicted molar refractivity (Wildman–Crippen MR) is 77.6 cm³/mol. The van der Waals surface area contributed by atoms with Crippen LogP contribution in [0.1, 0.15) is 0 Å². The lowest BCUT2D eigenvalue weighted by atomic mass is 10.0. The smallest absolute Gasteiger partial charge is 0.0944 e. The largest absolute Gasteiger partial charge is 0.349 e. The summed E-state index contributed by atoms with van der Waals surface area (Å²) < 4.78 is 0. The number of rotatable bonds is 1. The highest BCUT2D eigenvalue weighted by atomic mass is 15.1. The summed E-state index contributed by atoms with van der Waals surface area (Å²) in [5.41, 5.74) is 4.51. The third kappa shape index (κ3) is 1.82. The van der Waals surface area contributed by atoms with Gasteiger partial charge in [-0.2, -0.15) is 0 Å². The van der Waals surface area contributed by atoms with E-state index in [1.807, 2.05) is 31.6 Å². The van der Waals surface area contributed by atoms with E-state index in [-0.39, 0.29) is 0 Å². The first-order valence-corrected chi connectivity index (χ1v) is 5.98. The Morgan fingerprint density at radius 2 is 1.78 bits per heavy atom. The van der Waals surface area contributed by atoms with Crippen LogP contribution < -0.4 is 4.90 Å². The van der Waals surface area contributed by atoms with Crippen LogP contribution >= 0.6 is 0 Å². The standard InChI is InChI=1S/C16H14N2/c1-18-12-6-11-17-16-14(9-5-10-15(16)18)13-7-3-2-4-8-13/h2-12H,1H3. The monoisotopic (exact) mass is 234 g/mol. The van der Waals surface area contributed by atoms with Gasteiger partial charge in [0.15, 0.2) is 0 Å². The Morgan fingerprint density at radius 1 is 0.944 bits per heavy atom. The molecular weight excluding hydrogens is 220 g/mol. The van der Waals surface area contributed by atoms with Crippen LogP contribution in [-0.2, 0) is 0 Å². The Bertz CT molecular complexity index is 612. The molecule has 0 atom stereocenters.